The van der Waals surface area contributed by atoms with E-state index in [1.807, 2.05) is 36.4 Å². The number of thiocarbonyl (C=S) groups is 1. The smallest absolute Gasteiger partial charge is 0.174 e. The number of benzene rings is 1. The van der Waals surface area contributed by atoms with Gasteiger partial charge in [0.2, 0.25) is 0 Å². The molecule has 2 atom stereocenters. The minimum atomic E-state index is -0.0801. The van der Waals surface area contributed by atoms with Crippen molar-refractivity contribution in [2.24, 2.45) is 0 Å². The predicted molar refractivity (Wildman–Crippen MR) is 116 cm³/mol. The van der Waals surface area contributed by atoms with Crippen LogP contribution in [0.2, 0.25) is 5.02 Å². The van der Waals surface area contributed by atoms with E-state index in [0.717, 1.165) is 22.8 Å². The Morgan fingerprint density at radius 1 is 1.18 bits per heavy atom. The van der Waals surface area contributed by atoms with Crippen LogP contribution in [0.4, 0.5) is 5.69 Å². The second kappa shape index (κ2) is 7.45. The number of aromatic amines is 1. The summed E-state index contributed by atoms with van der Waals surface area (Å²) in [4.78, 5) is 10.1. The van der Waals surface area contributed by atoms with E-state index >= 15 is 0 Å². The Morgan fingerprint density at radius 2 is 2.00 bits per heavy atom. The lowest BCUT2D eigenvalue weighted by Gasteiger charge is -2.28. The standard InChI is InChI=1S/C21H21ClN4OS/c1-12-10-15(13(2)24-12)20-19(17-6-4-5-9-23-17)25-21(28)26(20)14-7-8-18(27-3)16(22)11-14/h4-11,19-20,24H,1-3H3,(H,25,28). The van der Waals surface area contributed by atoms with Crippen molar-refractivity contribution in [2.75, 3.05) is 12.0 Å². The van der Waals surface area contributed by atoms with E-state index < -0.39 is 0 Å². The lowest BCUT2D eigenvalue weighted by Crippen LogP contribution is -2.29. The Hall–Kier alpha value is -2.57. The van der Waals surface area contributed by atoms with Gasteiger partial charge in [0.15, 0.2) is 5.11 Å². The summed E-state index contributed by atoms with van der Waals surface area (Å²) in [7, 11) is 1.61. The summed E-state index contributed by atoms with van der Waals surface area (Å²) in [5.74, 6) is 0.634. The Labute approximate surface area is 174 Å². The van der Waals surface area contributed by atoms with Crippen LogP contribution in [0.3, 0.4) is 0 Å². The minimum Gasteiger partial charge on any atom is -0.495 e. The van der Waals surface area contributed by atoms with Gasteiger partial charge in [0.25, 0.3) is 0 Å². The average molecular weight is 413 g/mol. The molecule has 0 spiro atoms. The number of aromatic nitrogens is 2. The Morgan fingerprint density at radius 3 is 2.61 bits per heavy atom. The molecule has 2 unspecified atom stereocenters. The summed E-state index contributed by atoms with van der Waals surface area (Å²) < 4.78 is 5.30. The molecule has 5 nitrogen and oxygen atoms in total. The number of aryl methyl sites for hydroxylation is 2. The van der Waals surface area contributed by atoms with Crippen molar-refractivity contribution < 1.29 is 4.74 Å². The summed E-state index contributed by atoms with van der Waals surface area (Å²) in [6, 6.07) is 13.7. The molecule has 1 saturated heterocycles. The van der Waals surface area contributed by atoms with E-state index in [0.29, 0.717) is 15.9 Å². The maximum absolute atomic E-state index is 6.40. The number of H-pyrrole nitrogens is 1. The third kappa shape index (κ3) is 3.23. The normalized spacial score (nSPS) is 19.0. The highest BCUT2D eigenvalue weighted by Gasteiger charge is 2.41. The molecule has 144 valence electrons. The number of nitrogens with one attached hydrogen (secondary N) is 2. The summed E-state index contributed by atoms with van der Waals surface area (Å²) in [6.07, 6.45) is 1.80. The van der Waals surface area contributed by atoms with Crippen LogP contribution in [0.25, 0.3) is 0 Å². The Kier molecular flexibility index (Phi) is 5.00. The molecule has 0 amide bonds. The van der Waals surface area contributed by atoms with E-state index in [-0.39, 0.29) is 12.1 Å². The lowest BCUT2D eigenvalue weighted by molar-refractivity contribution is 0.415. The third-order valence-corrected chi connectivity index (χ3v) is 5.63. The molecule has 7 heteroatoms. The topological polar surface area (TPSA) is 53.2 Å². The highest BCUT2D eigenvalue weighted by Crippen LogP contribution is 2.43. The molecule has 0 radical (unpaired) electrons. The molecular weight excluding hydrogens is 392 g/mol. The van der Waals surface area contributed by atoms with Crippen LogP contribution >= 0.6 is 23.8 Å². The van der Waals surface area contributed by atoms with Crippen molar-refractivity contribution >= 4 is 34.6 Å². The highest BCUT2D eigenvalue weighted by molar-refractivity contribution is 7.80. The van der Waals surface area contributed by atoms with Gasteiger partial charge in [-0.1, -0.05) is 17.7 Å². The molecule has 1 aliphatic rings. The molecular formula is C21H21ClN4OS. The zero-order valence-corrected chi connectivity index (χ0v) is 17.4. The predicted octanol–water partition coefficient (Wildman–Crippen LogP) is 4.87. The summed E-state index contributed by atoms with van der Waals surface area (Å²) in [6.45, 7) is 4.14. The summed E-state index contributed by atoms with van der Waals surface area (Å²) in [5, 5.41) is 4.64. The second-order valence-corrected chi connectivity index (χ2v) is 7.64. The maximum Gasteiger partial charge on any atom is 0.174 e. The number of ether oxygens (including phenoxy) is 1. The van der Waals surface area contributed by atoms with Gasteiger partial charge < -0.3 is 19.9 Å². The van der Waals surface area contributed by atoms with Crippen LogP contribution in [0.15, 0.2) is 48.7 Å². The average Bonchev–Trinajstić information content (AvgIpc) is 3.20. The molecule has 3 aromatic rings. The SMILES string of the molecule is COc1ccc(N2C(=S)NC(c3ccccn3)C2c2cc(C)[nH]c2C)cc1Cl. The first-order chi connectivity index (χ1) is 13.5. The van der Waals surface area contributed by atoms with Crippen molar-refractivity contribution in [1.29, 1.82) is 0 Å². The molecule has 1 aliphatic heterocycles. The van der Waals surface area contributed by atoms with Gasteiger partial charge in [-0.3, -0.25) is 4.98 Å². The van der Waals surface area contributed by atoms with Crippen LogP contribution in [-0.2, 0) is 0 Å². The van der Waals surface area contributed by atoms with Gasteiger partial charge in [-0.05, 0) is 68.0 Å². The van der Waals surface area contributed by atoms with Crippen molar-refractivity contribution in [2.45, 2.75) is 25.9 Å². The fourth-order valence-electron chi connectivity index (χ4n) is 3.81. The maximum atomic E-state index is 6.40. The van der Waals surface area contributed by atoms with Crippen molar-refractivity contribution in [3.05, 3.63) is 76.3 Å². The number of anilines is 1. The van der Waals surface area contributed by atoms with Gasteiger partial charge in [0.1, 0.15) is 5.75 Å². The fourth-order valence-corrected chi connectivity index (χ4v) is 4.40. The molecule has 1 fully saturated rings. The first-order valence-electron chi connectivity index (χ1n) is 9.00. The van der Waals surface area contributed by atoms with E-state index in [1.54, 1.807) is 13.3 Å². The van der Waals surface area contributed by atoms with Gasteiger partial charge >= 0.3 is 0 Å². The second-order valence-electron chi connectivity index (χ2n) is 6.85. The molecule has 28 heavy (non-hydrogen) atoms. The van der Waals surface area contributed by atoms with Gasteiger partial charge in [-0.25, -0.2) is 0 Å². The lowest BCUT2D eigenvalue weighted by atomic mass is 9.96. The number of pyridine rings is 1. The van der Waals surface area contributed by atoms with Crippen LogP contribution in [0, 0.1) is 13.8 Å². The highest BCUT2D eigenvalue weighted by atomic mass is 35.5. The zero-order valence-electron chi connectivity index (χ0n) is 15.9. The zero-order chi connectivity index (χ0) is 19.8. The monoisotopic (exact) mass is 412 g/mol. The van der Waals surface area contributed by atoms with Gasteiger partial charge in [0, 0.05) is 23.3 Å². The molecule has 0 bridgehead atoms. The molecule has 0 saturated carbocycles. The van der Waals surface area contributed by atoms with Crippen molar-refractivity contribution in [3.8, 4) is 5.75 Å². The van der Waals surface area contributed by atoms with E-state index in [9.17, 15) is 0 Å². The largest absolute Gasteiger partial charge is 0.495 e. The van der Waals surface area contributed by atoms with Gasteiger partial charge in [-0.2, -0.15) is 0 Å². The number of nitrogens with zero attached hydrogens (tertiary/aromatic N) is 2. The fraction of sp³-hybridized carbons (Fsp3) is 0.238. The quantitative estimate of drug-likeness (QED) is 0.599. The van der Waals surface area contributed by atoms with Crippen LogP contribution in [0.1, 0.15) is 34.7 Å². The Bertz CT molecular complexity index is 1020. The molecule has 4 rings (SSSR count). The summed E-state index contributed by atoms with van der Waals surface area (Å²) >= 11 is 12.1. The van der Waals surface area contributed by atoms with Crippen molar-refractivity contribution in [3.63, 3.8) is 0 Å². The molecule has 3 heterocycles. The summed E-state index contributed by atoms with van der Waals surface area (Å²) in [5.41, 5.74) is 5.24. The van der Waals surface area contributed by atoms with Crippen LogP contribution in [0.5, 0.6) is 5.75 Å². The molecule has 2 N–H and O–H groups in total. The van der Waals surface area contributed by atoms with E-state index in [4.69, 9.17) is 28.6 Å². The van der Waals surface area contributed by atoms with E-state index in [2.05, 4.69) is 40.1 Å². The van der Waals surface area contributed by atoms with Crippen molar-refractivity contribution in [1.82, 2.24) is 15.3 Å². The third-order valence-electron chi connectivity index (χ3n) is 5.02. The van der Waals surface area contributed by atoms with E-state index in [1.165, 1.54) is 5.56 Å². The number of hydrogen-bond donors (Lipinski definition) is 2. The number of hydrogen-bond acceptors (Lipinski definition) is 3. The molecule has 1 aromatic carbocycles. The minimum absolute atomic E-state index is 0.0585. The molecule has 2 aromatic heterocycles. The molecule has 0 aliphatic carbocycles. The number of rotatable bonds is 4. The van der Waals surface area contributed by atoms with Crippen LogP contribution < -0.4 is 15.0 Å². The van der Waals surface area contributed by atoms with Crippen LogP contribution in [-0.4, -0.2) is 22.2 Å². The first kappa shape index (κ1) is 18.8. The Balaban J connectivity index is 1.85. The van der Waals surface area contributed by atoms with Gasteiger partial charge in [-0.15, -0.1) is 0 Å². The number of halogens is 1. The number of methoxy groups -OCH3 is 1. The first-order valence-corrected chi connectivity index (χ1v) is 9.78. The van der Waals surface area contributed by atoms with Gasteiger partial charge in [0.05, 0.1) is 29.9 Å².